The van der Waals surface area contributed by atoms with Crippen molar-refractivity contribution < 1.29 is 42.1 Å². The van der Waals surface area contributed by atoms with Crippen LogP contribution in [0.2, 0.25) is 0 Å². The lowest BCUT2D eigenvalue weighted by Crippen LogP contribution is -2.37. The van der Waals surface area contributed by atoms with Gasteiger partial charge >= 0.3 is 11.9 Å². The summed E-state index contributed by atoms with van der Waals surface area (Å²) in [6.45, 7) is 4.15. The average Bonchev–Trinajstić information content (AvgIpc) is 3.45. The minimum absolute atomic E-state index is 0.0335. The largest absolute Gasteiger partial charge is 0.756 e. The number of phosphoric acid groups is 1. The highest BCUT2D eigenvalue weighted by Crippen LogP contribution is 2.38. The number of unbranched alkanes of at least 4 members (excludes halogenated alkanes) is 32. The lowest BCUT2D eigenvalue weighted by atomic mass is 10.0. The van der Waals surface area contributed by atoms with Crippen molar-refractivity contribution in [2.24, 2.45) is 0 Å². The second kappa shape index (κ2) is 62.5. The van der Waals surface area contributed by atoms with Gasteiger partial charge in [0.25, 0.3) is 7.82 Å². The Kier molecular flexibility index (Phi) is 60.1. The number of nitrogens with zero attached hydrogens (tertiary/aromatic N) is 1. The number of carbonyl (C=O) groups is 2. The number of carbonyl (C=O) groups excluding carboxylic acids is 2. The number of quaternary nitrogens is 1. The maximum Gasteiger partial charge on any atom is 0.306 e. The summed E-state index contributed by atoms with van der Waals surface area (Å²) in [6.07, 6.45) is 86.2. The fourth-order valence-electron chi connectivity index (χ4n) is 9.40. The number of likely N-dealkylation sites (N-methyl/N-ethyl adjacent to an activating group) is 1. The molecule has 474 valence electrons. The highest BCUT2D eigenvalue weighted by atomic mass is 31.2. The smallest absolute Gasteiger partial charge is 0.306 e. The van der Waals surface area contributed by atoms with E-state index in [4.69, 9.17) is 18.5 Å². The average molecular weight is 1170 g/mol. The van der Waals surface area contributed by atoms with Gasteiger partial charge < -0.3 is 27.9 Å². The summed E-state index contributed by atoms with van der Waals surface area (Å²) >= 11 is 0. The Hall–Kier alpha value is -3.07. The summed E-state index contributed by atoms with van der Waals surface area (Å²) in [5.74, 6) is -0.829. The summed E-state index contributed by atoms with van der Waals surface area (Å²) < 4.78 is 34.3. The fourth-order valence-corrected chi connectivity index (χ4v) is 10.1. The van der Waals surface area contributed by atoms with Gasteiger partial charge in [0.15, 0.2) is 6.10 Å². The summed E-state index contributed by atoms with van der Waals surface area (Å²) in [7, 11) is 1.17. The molecule has 0 fully saturated rings. The van der Waals surface area contributed by atoms with Gasteiger partial charge in [-0.05, 0) is 96.3 Å². The fraction of sp³-hybridized carbons (Fsp3) is 0.750. The number of ether oxygens (including phenoxy) is 2. The number of allylic oxidation sites excluding steroid dienone is 16. The standard InChI is InChI=1S/C72H128NO8P/c1-6-8-10-12-14-16-18-20-22-24-26-28-30-31-32-33-34-35-36-37-38-39-40-41-43-45-47-49-51-53-55-57-59-61-63-65-72(75)81-70(69-80-82(76,77)79-67-66-73(3,4)5)68-78-71(74)64-62-60-58-56-54-52-50-48-46-44-42-29-27-25-23-21-19-17-15-13-11-9-7-2/h8,10,14,16,20,22,25-28,31-32,34-35,37-38,70H,6-7,9,11-13,15,17-19,21,23-24,29-30,33,36,39-69H2,1-5H3/b10-8-,16-14-,22-20-,27-25-,28-26-,32-31-,35-34-,38-37-. The molecular formula is C72H128NO8P. The molecule has 0 aromatic heterocycles. The first-order chi connectivity index (χ1) is 40.0. The molecule has 0 spiro atoms. The third kappa shape index (κ3) is 66.1. The number of phosphoric ester groups is 1. The zero-order valence-electron chi connectivity index (χ0n) is 53.9. The maximum atomic E-state index is 12.9. The van der Waals surface area contributed by atoms with Crippen LogP contribution < -0.4 is 4.89 Å². The summed E-state index contributed by atoms with van der Waals surface area (Å²) in [6, 6.07) is 0. The predicted octanol–water partition coefficient (Wildman–Crippen LogP) is 21.3. The van der Waals surface area contributed by atoms with Crippen molar-refractivity contribution in [2.75, 3.05) is 47.5 Å². The van der Waals surface area contributed by atoms with E-state index >= 15 is 0 Å². The van der Waals surface area contributed by atoms with Gasteiger partial charge in [0.1, 0.15) is 19.8 Å². The molecule has 0 radical (unpaired) electrons. The van der Waals surface area contributed by atoms with Gasteiger partial charge in [-0.2, -0.15) is 0 Å². The molecule has 2 atom stereocenters. The van der Waals surface area contributed by atoms with Gasteiger partial charge in [0, 0.05) is 12.8 Å². The van der Waals surface area contributed by atoms with Crippen molar-refractivity contribution in [3.05, 3.63) is 97.2 Å². The Balaban J connectivity index is 4.07. The Labute approximate surface area is 506 Å². The third-order valence-corrected chi connectivity index (χ3v) is 15.6. The van der Waals surface area contributed by atoms with Crippen LogP contribution in [-0.4, -0.2) is 70.0 Å². The summed E-state index contributed by atoms with van der Waals surface area (Å²) in [5.41, 5.74) is 0. The van der Waals surface area contributed by atoms with Gasteiger partial charge in [-0.3, -0.25) is 14.2 Å². The lowest BCUT2D eigenvalue weighted by molar-refractivity contribution is -0.870. The number of hydrogen-bond acceptors (Lipinski definition) is 8. The molecule has 0 aromatic rings. The first kappa shape index (κ1) is 78.9. The second-order valence-electron chi connectivity index (χ2n) is 23.8. The quantitative estimate of drug-likeness (QED) is 0.0195. The summed E-state index contributed by atoms with van der Waals surface area (Å²) in [5, 5.41) is 0. The second-order valence-corrected chi connectivity index (χ2v) is 25.2. The monoisotopic (exact) mass is 1170 g/mol. The van der Waals surface area contributed by atoms with E-state index in [1.165, 1.54) is 180 Å². The van der Waals surface area contributed by atoms with E-state index < -0.39 is 26.5 Å². The molecule has 0 aliphatic heterocycles. The Morgan fingerprint density at radius 2 is 0.695 bits per heavy atom. The molecule has 10 heteroatoms. The van der Waals surface area contributed by atoms with Crippen LogP contribution in [-0.2, 0) is 32.7 Å². The van der Waals surface area contributed by atoms with Crippen molar-refractivity contribution in [3.63, 3.8) is 0 Å². The normalized spacial score (nSPS) is 13.8. The molecule has 0 aromatic carbocycles. The van der Waals surface area contributed by atoms with E-state index in [2.05, 4.69) is 111 Å². The molecule has 0 aliphatic rings. The van der Waals surface area contributed by atoms with Gasteiger partial charge in [-0.25, -0.2) is 0 Å². The molecule has 0 aliphatic carbocycles. The van der Waals surface area contributed by atoms with Gasteiger partial charge in [0.05, 0.1) is 27.7 Å². The van der Waals surface area contributed by atoms with Crippen LogP contribution in [0, 0.1) is 0 Å². The summed E-state index contributed by atoms with van der Waals surface area (Å²) in [4.78, 5) is 38.0. The molecule has 9 nitrogen and oxygen atoms in total. The molecule has 82 heavy (non-hydrogen) atoms. The number of esters is 2. The molecule has 0 saturated heterocycles. The Morgan fingerprint density at radius 1 is 0.390 bits per heavy atom. The van der Waals surface area contributed by atoms with Crippen molar-refractivity contribution in [2.45, 2.75) is 302 Å². The van der Waals surface area contributed by atoms with Crippen molar-refractivity contribution >= 4 is 19.8 Å². The third-order valence-electron chi connectivity index (χ3n) is 14.6. The Bertz CT molecular complexity index is 1710. The van der Waals surface area contributed by atoms with Crippen LogP contribution in [0.15, 0.2) is 97.2 Å². The Morgan fingerprint density at radius 3 is 1.05 bits per heavy atom. The number of hydrogen-bond donors (Lipinski definition) is 0. The topological polar surface area (TPSA) is 111 Å². The highest BCUT2D eigenvalue weighted by Gasteiger charge is 2.22. The van der Waals surface area contributed by atoms with Crippen LogP contribution in [0.3, 0.4) is 0 Å². The first-order valence-corrected chi connectivity index (χ1v) is 35.4. The van der Waals surface area contributed by atoms with Crippen LogP contribution in [0.4, 0.5) is 0 Å². The predicted molar refractivity (Wildman–Crippen MR) is 351 cm³/mol. The van der Waals surface area contributed by atoms with Crippen LogP contribution in [0.25, 0.3) is 0 Å². The van der Waals surface area contributed by atoms with E-state index in [0.717, 1.165) is 83.5 Å². The lowest BCUT2D eigenvalue weighted by Gasteiger charge is -2.28. The van der Waals surface area contributed by atoms with Crippen LogP contribution in [0.1, 0.15) is 296 Å². The van der Waals surface area contributed by atoms with E-state index in [0.29, 0.717) is 17.4 Å². The molecule has 0 amide bonds. The maximum absolute atomic E-state index is 12.9. The van der Waals surface area contributed by atoms with E-state index in [-0.39, 0.29) is 32.0 Å². The minimum Gasteiger partial charge on any atom is -0.756 e. The number of rotatable bonds is 62. The zero-order valence-corrected chi connectivity index (χ0v) is 54.8. The molecule has 0 N–H and O–H groups in total. The minimum atomic E-state index is -4.64. The van der Waals surface area contributed by atoms with E-state index in [1.807, 2.05) is 21.1 Å². The molecule has 0 heterocycles. The van der Waals surface area contributed by atoms with Crippen molar-refractivity contribution in [1.82, 2.24) is 0 Å². The van der Waals surface area contributed by atoms with Crippen LogP contribution in [0.5, 0.6) is 0 Å². The van der Waals surface area contributed by atoms with Gasteiger partial charge in [-0.1, -0.05) is 284 Å². The SMILES string of the molecule is CC/C=C\C/C=C\C/C=C\C/C=C\C/C=C\C/C=C\C/C=C\CCCCCCCCCCCCCCCC(=O)OC(COC(=O)CCCCCCCCCCCCC/C=C\CCCCCCCCCC)COP(=O)([O-])OCC[N+](C)(C)C. The van der Waals surface area contributed by atoms with Crippen LogP contribution >= 0.6 is 7.82 Å². The van der Waals surface area contributed by atoms with Crippen molar-refractivity contribution in [1.29, 1.82) is 0 Å². The molecule has 0 rings (SSSR count). The molecule has 0 bridgehead atoms. The molecular weight excluding hydrogens is 1040 g/mol. The first-order valence-electron chi connectivity index (χ1n) is 33.9. The zero-order chi connectivity index (χ0) is 59.8. The molecule has 2 unspecified atom stereocenters. The van der Waals surface area contributed by atoms with E-state index in [1.54, 1.807) is 0 Å². The van der Waals surface area contributed by atoms with Crippen molar-refractivity contribution in [3.8, 4) is 0 Å². The van der Waals surface area contributed by atoms with Gasteiger partial charge in [0.2, 0.25) is 0 Å². The van der Waals surface area contributed by atoms with E-state index in [9.17, 15) is 19.0 Å². The highest BCUT2D eigenvalue weighted by molar-refractivity contribution is 7.45. The van der Waals surface area contributed by atoms with Gasteiger partial charge in [-0.15, -0.1) is 0 Å². The molecule has 0 saturated carbocycles.